The van der Waals surface area contributed by atoms with Crippen LogP contribution < -0.4 is 0 Å². The quantitative estimate of drug-likeness (QED) is 0.896. The van der Waals surface area contributed by atoms with Crippen LogP contribution in [0.25, 0.3) is 0 Å². The maximum Gasteiger partial charge on any atom is 0.332 e. The number of carboxylic acids is 1. The summed E-state index contributed by atoms with van der Waals surface area (Å²) in [6.07, 6.45) is 1.23. The summed E-state index contributed by atoms with van der Waals surface area (Å²) in [5.74, 6) is -1.12. The number of carbonyl (C=O) groups is 2. The minimum Gasteiger partial charge on any atom is -0.479 e. The van der Waals surface area contributed by atoms with E-state index in [1.807, 2.05) is 36.1 Å². The highest BCUT2D eigenvalue weighted by Crippen LogP contribution is 2.38. The van der Waals surface area contributed by atoms with Crippen LogP contribution in [0.2, 0.25) is 5.02 Å². The molecule has 1 aromatic rings. The van der Waals surface area contributed by atoms with Crippen LogP contribution in [0.3, 0.4) is 0 Å². The number of halogens is 1. The highest BCUT2D eigenvalue weighted by molar-refractivity contribution is 6.31. The van der Waals surface area contributed by atoms with Crippen molar-refractivity contribution in [1.29, 1.82) is 0 Å². The normalized spacial score (nSPS) is 25.1. The average molecular weight is 338 g/mol. The fourth-order valence-electron chi connectivity index (χ4n) is 3.17. The number of hydrogen-bond donors (Lipinski definition) is 1. The lowest BCUT2D eigenvalue weighted by molar-refractivity contribution is -0.156. The van der Waals surface area contributed by atoms with Gasteiger partial charge in [-0.3, -0.25) is 4.79 Å². The third-order valence-corrected chi connectivity index (χ3v) is 4.88. The van der Waals surface area contributed by atoms with Gasteiger partial charge in [-0.2, -0.15) is 0 Å². The zero-order valence-corrected chi connectivity index (χ0v) is 13.7. The Morgan fingerprint density at radius 2 is 1.87 bits per heavy atom. The van der Waals surface area contributed by atoms with Crippen LogP contribution in [0.1, 0.15) is 44.2 Å². The summed E-state index contributed by atoms with van der Waals surface area (Å²) in [4.78, 5) is 25.7. The van der Waals surface area contributed by atoms with Gasteiger partial charge in [0.2, 0.25) is 0 Å². The summed E-state index contributed by atoms with van der Waals surface area (Å²) in [5, 5.41) is 9.66. The van der Waals surface area contributed by atoms with E-state index in [0.717, 1.165) is 18.4 Å². The maximum atomic E-state index is 12.9. The first-order valence-corrected chi connectivity index (χ1v) is 8.31. The highest BCUT2D eigenvalue weighted by Gasteiger charge is 2.43. The number of aliphatic carboxylic acids is 1. The summed E-state index contributed by atoms with van der Waals surface area (Å²) in [5.41, 5.74) is 0.905. The van der Waals surface area contributed by atoms with Gasteiger partial charge in [0.15, 0.2) is 6.10 Å². The minimum absolute atomic E-state index is 0.122. The van der Waals surface area contributed by atoms with E-state index in [2.05, 4.69) is 0 Å². The van der Waals surface area contributed by atoms with Gasteiger partial charge in [0.25, 0.3) is 5.91 Å². The minimum atomic E-state index is -1.00. The summed E-state index contributed by atoms with van der Waals surface area (Å²) >= 11 is 6.27. The molecule has 2 aliphatic rings. The highest BCUT2D eigenvalue weighted by atomic mass is 35.5. The van der Waals surface area contributed by atoms with E-state index in [4.69, 9.17) is 21.4 Å². The van der Waals surface area contributed by atoms with Crippen molar-refractivity contribution in [3.8, 4) is 0 Å². The van der Waals surface area contributed by atoms with Gasteiger partial charge < -0.3 is 14.7 Å². The molecule has 1 saturated carbocycles. The molecular weight excluding hydrogens is 318 g/mol. The van der Waals surface area contributed by atoms with Crippen LogP contribution in [0, 0.1) is 0 Å². The van der Waals surface area contributed by atoms with Crippen molar-refractivity contribution in [3.05, 3.63) is 34.9 Å². The number of nitrogens with zero attached hydrogens (tertiary/aromatic N) is 1. The molecule has 3 atom stereocenters. The molecule has 2 fully saturated rings. The molecule has 1 heterocycles. The number of amides is 1. The van der Waals surface area contributed by atoms with Gasteiger partial charge >= 0.3 is 5.97 Å². The van der Waals surface area contributed by atoms with Crippen LogP contribution in [-0.4, -0.2) is 40.1 Å². The largest absolute Gasteiger partial charge is 0.479 e. The summed E-state index contributed by atoms with van der Waals surface area (Å²) < 4.78 is 5.44. The molecule has 1 aliphatic carbocycles. The van der Waals surface area contributed by atoms with Crippen molar-refractivity contribution in [1.82, 2.24) is 4.90 Å². The van der Waals surface area contributed by atoms with Crippen molar-refractivity contribution in [2.45, 2.75) is 56.9 Å². The smallest absolute Gasteiger partial charge is 0.332 e. The van der Waals surface area contributed by atoms with Crippen LogP contribution in [0.4, 0.5) is 0 Å². The lowest BCUT2D eigenvalue weighted by atomic mass is 10.0. The first-order valence-electron chi connectivity index (χ1n) is 7.94. The number of carboxylic acid groups (broad SMARTS) is 1. The SMILES string of the molecule is CC(c1ccccc1Cl)N(C(=O)[C@@H]1CC[C@H](C(=O)O)O1)C1CC1. The predicted molar refractivity (Wildman–Crippen MR) is 85.3 cm³/mol. The first-order chi connectivity index (χ1) is 11.0. The molecule has 1 N–H and O–H groups in total. The average Bonchev–Trinajstić information content (AvgIpc) is 3.21. The van der Waals surface area contributed by atoms with Crippen molar-refractivity contribution in [2.24, 2.45) is 0 Å². The summed E-state index contributed by atoms with van der Waals surface area (Å²) in [7, 11) is 0. The Labute approximate surface area is 140 Å². The van der Waals surface area contributed by atoms with E-state index in [0.29, 0.717) is 17.9 Å². The molecule has 1 aliphatic heterocycles. The van der Waals surface area contributed by atoms with E-state index in [1.54, 1.807) is 0 Å². The van der Waals surface area contributed by atoms with E-state index >= 15 is 0 Å². The van der Waals surface area contributed by atoms with Gasteiger partial charge in [-0.05, 0) is 44.2 Å². The molecule has 23 heavy (non-hydrogen) atoms. The predicted octanol–water partition coefficient (Wildman–Crippen LogP) is 3.02. The Morgan fingerprint density at radius 3 is 2.43 bits per heavy atom. The third kappa shape index (κ3) is 3.35. The molecule has 6 heteroatoms. The fraction of sp³-hybridized carbons (Fsp3) is 0.529. The molecule has 1 aromatic carbocycles. The molecule has 0 radical (unpaired) electrons. The monoisotopic (exact) mass is 337 g/mol. The number of carbonyl (C=O) groups excluding carboxylic acids is 1. The Balaban J connectivity index is 1.78. The van der Waals surface area contributed by atoms with Gasteiger partial charge in [-0.15, -0.1) is 0 Å². The lowest BCUT2D eigenvalue weighted by Crippen LogP contribution is -2.42. The summed E-state index contributed by atoms with van der Waals surface area (Å²) in [6.45, 7) is 1.96. The first kappa shape index (κ1) is 16.3. The van der Waals surface area contributed by atoms with E-state index in [-0.39, 0.29) is 18.0 Å². The summed E-state index contributed by atoms with van der Waals surface area (Å²) in [6, 6.07) is 7.54. The van der Waals surface area contributed by atoms with Crippen molar-refractivity contribution in [3.63, 3.8) is 0 Å². The van der Waals surface area contributed by atoms with E-state index in [1.165, 1.54) is 0 Å². The number of ether oxygens (including phenoxy) is 1. The molecular formula is C17H20ClNO4. The van der Waals surface area contributed by atoms with Crippen LogP contribution in [0.15, 0.2) is 24.3 Å². The van der Waals surface area contributed by atoms with Gasteiger partial charge in [0.05, 0.1) is 6.04 Å². The Bertz CT molecular complexity index is 616. The third-order valence-electron chi connectivity index (χ3n) is 4.54. The number of benzene rings is 1. The van der Waals surface area contributed by atoms with E-state index in [9.17, 15) is 9.59 Å². The van der Waals surface area contributed by atoms with Crippen molar-refractivity contribution >= 4 is 23.5 Å². The molecule has 3 rings (SSSR count). The van der Waals surface area contributed by atoms with Gasteiger partial charge in [-0.1, -0.05) is 29.8 Å². The molecule has 1 amide bonds. The van der Waals surface area contributed by atoms with Gasteiger partial charge in [0.1, 0.15) is 6.10 Å². The molecule has 124 valence electrons. The number of hydrogen-bond acceptors (Lipinski definition) is 3. The molecule has 0 spiro atoms. The molecule has 0 bridgehead atoms. The Morgan fingerprint density at radius 1 is 1.22 bits per heavy atom. The molecule has 5 nitrogen and oxygen atoms in total. The second-order valence-electron chi connectivity index (χ2n) is 6.20. The zero-order chi connectivity index (χ0) is 16.6. The molecule has 1 unspecified atom stereocenters. The van der Waals surface area contributed by atoms with Gasteiger partial charge in [0, 0.05) is 11.1 Å². The fourth-order valence-corrected chi connectivity index (χ4v) is 3.46. The van der Waals surface area contributed by atoms with Gasteiger partial charge in [-0.25, -0.2) is 4.79 Å². The van der Waals surface area contributed by atoms with Crippen LogP contribution in [-0.2, 0) is 14.3 Å². The standard InChI is InChI=1S/C17H20ClNO4/c1-10(12-4-2-3-5-13(12)18)19(11-6-7-11)16(20)14-8-9-15(23-14)17(21)22/h2-5,10-11,14-15H,6-9H2,1H3,(H,21,22)/t10?,14-,15+/m0/s1. The lowest BCUT2D eigenvalue weighted by Gasteiger charge is -2.32. The second-order valence-corrected chi connectivity index (χ2v) is 6.61. The molecule has 1 saturated heterocycles. The second kappa shape index (κ2) is 6.49. The van der Waals surface area contributed by atoms with Crippen LogP contribution >= 0.6 is 11.6 Å². The van der Waals surface area contributed by atoms with E-state index < -0.39 is 18.2 Å². The molecule has 0 aromatic heterocycles. The number of rotatable bonds is 5. The van der Waals surface area contributed by atoms with Crippen molar-refractivity contribution in [2.75, 3.05) is 0 Å². The Kier molecular flexibility index (Phi) is 4.60. The Hall–Kier alpha value is -1.59. The zero-order valence-electron chi connectivity index (χ0n) is 12.9. The topological polar surface area (TPSA) is 66.8 Å². The van der Waals surface area contributed by atoms with Crippen molar-refractivity contribution < 1.29 is 19.4 Å². The maximum absolute atomic E-state index is 12.9. The van der Waals surface area contributed by atoms with Crippen LogP contribution in [0.5, 0.6) is 0 Å².